The van der Waals surface area contributed by atoms with E-state index in [1.165, 1.54) is 14.0 Å². The second-order valence-corrected chi connectivity index (χ2v) is 8.40. The minimum atomic E-state index is -4.05. The van der Waals surface area contributed by atoms with E-state index in [-0.39, 0.29) is 29.5 Å². The van der Waals surface area contributed by atoms with Crippen molar-refractivity contribution in [2.45, 2.75) is 11.8 Å². The summed E-state index contributed by atoms with van der Waals surface area (Å²) in [4.78, 5) is -0.396. The minimum absolute atomic E-state index is 0.0845. The Morgan fingerprint density at radius 1 is 1.29 bits per heavy atom. The van der Waals surface area contributed by atoms with Gasteiger partial charge in [0.2, 0.25) is 10.0 Å². The van der Waals surface area contributed by atoms with Crippen molar-refractivity contribution in [3.05, 3.63) is 17.9 Å². The molecule has 1 rings (SSSR count). The molecule has 0 aliphatic heterocycles. The van der Waals surface area contributed by atoms with Gasteiger partial charge in [0.25, 0.3) is 0 Å². The summed E-state index contributed by atoms with van der Waals surface area (Å²) in [5.74, 6) is -1.59. The van der Waals surface area contributed by atoms with Gasteiger partial charge in [-0.15, -0.1) is 0 Å². The lowest BCUT2D eigenvalue weighted by atomic mass is 10.3. The molecule has 0 radical (unpaired) electrons. The molecule has 0 atom stereocenters. The van der Waals surface area contributed by atoms with Gasteiger partial charge in [0, 0.05) is 12.3 Å². The van der Waals surface area contributed by atoms with E-state index >= 15 is 0 Å². The Kier molecular flexibility index (Phi) is 5.54. The molecule has 0 fully saturated rings. The van der Waals surface area contributed by atoms with Gasteiger partial charge >= 0.3 is 0 Å². The fourth-order valence-corrected chi connectivity index (χ4v) is 3.43. The van der Waals surface area contributed by atoms with Crippen LogP contribution in [0.15, 0.2) is 17.0 Å². The van der Waals surface area contributed by atoms with E-state index in [0.29, 0.717) is 0 Å². The molecule has 3 N–H and O–H groups in total. The number of methoxy groups -OCH3 is 1. The lowest BCUT2D eigenvalue weighted by Gasteiger charge is -2.10. The average molecular weight is 340 g/mol. The molecule has 0 aliphatic carbocycles. The summed E-state index contributed by atoms with van der Waals surface area (Å²) in [5, 5.41) is 0. The molecule has 7 nitrogen and oxygen atoms in total. The number of rotatable bonds is 7. The van der Waals surface area contributed by atoms with E-state index in [9.17, 15) is 21.2 Å². The molecular formula is C11H17FN2O5S2. The van der Waals surface area contributed by atoms with Gasteiger partial charge in [-0.05, 0) is 12.1 Å². The van der Waals surface area contributed by atoms with Gasteiger partial charge in [-0.25, -0.2) is 25.9 Å². The fourth-order valence-electron chi connectivity index (χ4n) is 1.52. The molecule has 0 aromatic heterocycles. The van der Waals surface area contributed by atoms with Crippen molar-refractivity contribution in [3.8, 4) is 5.75 Å². The van der Waals surface area contributed by atoms with E-state index in [2.05, 4.69) is 9.46 Å². The number of nitrogens with two attached hydrogens (primary N) is 1. The molecule has 0 heterocycles. The third-order valence-corrected chi connectivity index (χ3v) is 5.85. The minimum Gasteiger partial charge on any atom is -0.492 e. The predicted octanol–water partition coefficient (Wildman–Crippen LogP) is 0.130. The number of halogens is 1. The van der Waals surface area contributed by atoms with Crippen molar-refractivity contribution in [2.24, 2.45) is 0 Å². The maximum atomic E-state index is 13.6. The van der Waals surface area contributed by atoms with Crippen LogP contribution in [0.25, 0.3) is 0 Å². The van der Waals surface area contributed by atoms with E-state index in [1.807, 2.05) is 0 Å². The second kappa shape index (κ2) is 6.58. The number of sulfone groups is 1. The Hall–Kier alpha value is -1.39. The van der Waals surface area contributed by atoms with Crippen molar-refractivity contribution in [1.82, 2.24) is 4.72 Å². The Labute approximate surface area is 123 Å². The summed E-state index contributed by atoms with van der Waals surface area (Å²) >= 11 is 0. The topological polar surface area (TPSA) is 116 Å². The number of nitrogens with one attached hydrogen (secondary N) is 1. The highest BCUT2D eigenvalue weighted by atomic mass is 32.2. The molecule has 0 bridgehead atoms. The number of anilines is 1. The van der Waals surface area contributed by atoms with Gasteiger partial charge in [-0.2, -0.15) is 0 Å². The quantitative estimate of drug-likeness (QED) is 0.682. The lowest BCUT2D eigenvalue weighted by Crippen LogP contribution is -2.29. The maximum Gasteiger partial charge on any atom is 0.240 e. The zero-order valence-electron chi connectivity index (χ0n) is 11.6. The summed E-state index contributed by atoms with van der Waals surface area (Å²) < 4.78 is 66.8. The first-order valence-corrected chi connectivity index (χ1v) is 9.26. The fraction of sp³-hybridized carbons (Fsp3) is 0.455. The molecule has 1 aromatic carbocycles. The van der Waals surface area contributed by atoms with Crippen LogP contribution >= 0.6 is 0 Å². The second-order valence-electron chi connectivity index (χ2n) is 4.16. The first kappa shape index (κ1) is 17.7. The third kappa shape index (κ3) is 4.55. The van der Waals surface area contributed by atoms with Crippen LogP contribution in [-0.2, 0) is 19.9 Å². The smallest absolute Gasteiger partial charge is 0.240 e. The Balaban J connectivity index is 2.94. The highest BCUT2D eigenvalue weighted by molar-refractivity contribution is 7.91. The summed E-state index contributed by atoms with van der Waals surface area (Å²) in [7, 11) is -6.14. The monoisotopic (exact) mass is 340 g/mol. The highest BCUT2D eigenvalue weighted by Gasteiger charge is 2.19. The van der Waals surface area contributed by atoms with Gasteiger partial charge in [-0.1, -0.05) is 6.92 Å². The number of sulfonamides is 1. The molecule has 0 saturated carbocycles. The van der Waals surface area contributed by atoms with Crippen LogP contribution in [-0.4, -0.2) is 42.0 Å². The van der Waals surface area contributed by atoms with E-state index < -0.39 is 30.6 Å². The molecular weight excluding hydrogens is 323 g/mol. The molecule has 0 saturated heterocycles. The van der Waals surface area contributed by atoms with Gasteiger partial charge in [0.1, 0.15) is 0 Å². The van der Waals surface area contributed by atoms with Crippen molar-refractivity contribution >= 4 is 25.5 Å². The van der Waals surface area contributed by atoms with Gasteiger partial charge < -0.3 is 10.5 Å². The van der Waals surface area contributed by atoms with Crippen molar-refractivity contribution in [1.29, 1.82) is 0 Å². The zero-order chi connectivity index (χ0) is 16.3. The Morgan fingerprint density at radius 3 is 2.38 bits per heavy atom. The first-order valence-electron chi connectivity index (χ1n) is 5.96. The highest BCUT2D eigenvalue weighted by Crippen LogP contribution is 2.28. The largest absolute Gasteiger partial charge is 0.492 e. The first-order chi connectivity index (χ1) is 9.63. The summed E-state index contributed by atoms with van der Waals surface area (Å²) in [6, 6.07) is 1.80. The van der Waals surface area contributed by atoms with Crippen LogP contribution in [0.2, 0.25) is 0 Å². The molecule has 0 amide bonds. The Morgan fingerprint density at radius 2 is 1.90 bits per heavy atom. The van der Waals surface area contributed by atoms with Gasteiger partial charge in [0.05, 0.1) is 23.4 Å². The van der Waals surface area contributed by atoms with Crippen LogP contribution in [0.1, 0.15) is 6.92 Å². The SMILES string of the molecule is CCS(=O)(=O)CCNS(=O)(=O)c1cc(N)c(OC)c(F)c1. The van der Waals surface area contributed by atoms with E-state index in [4.69, 9.17) is 5.73 Å². The summed E-state index contributed by atoms with van der Waals surface area (Å²) in [6.45, 7) is 1.16. The third-order valence-electron chi connectivity index (χ3n) is 2.71. The predicted molar refractivity (Wildman–Crippen MR) is 76.9 cm³/mol. The molecule has 0 unspecified atom stereocenters. The number of ether oxygens (including phenoxy) is 1. The van der Waals surface area contributed by atoms with Crippen molar-refractivity contribution < 1.29 is 26.0 Å². The number of benzene rings is 1. The lowest BCUT2D eigenvalue weighted by molar-refractivity contribution is 0.388. The molecule has 120 valence electrons. The molecule has 0 spiro atoms. The van der Waals surface area contributed by atoms with E-state index in [1.54, 1.807) is 0 Å². The number of hydrogen-bond acceptors (Lipinski definition) is 6. The van der Waals surface area contributed by atoms with Crippen LogP contribution in [0, 0.1) is 5.82 Å². The molecule has 21 heavy (non-hydrogen) atoms. The van der Waals surface area contributed by atoms with Gasteiger partial charge in [0.15, 0.2) is 21.4 Å². The summed E-state index contributed by atoms with van der Waals surface area (Å²) in [5.41, 5.74) is 5.33. The molecule has 10 heteroatoms. The zero-order valence-corrected chi connectivity index (χ0v) is 13.2. The van der Waals surface area contributed by atoms with Crippen LogP contribution in [0.4, 0.5) is 10.1 Å². The molecule has 1 aromatic rings. The van der Waals surface area contributed by atoms with Crippen molar-refractivity contribution in [3.63, 3.8) is 0 Å². The standard InChI is InChI=1S/C11H17FN2O5S2/c1-3-20(15,16)5-4-14-21(17,18)8-6-9(12)11(19-2)10(13)7-8/h6-7,14H,3-5,13H2,1-2H3. The number of nitrogen functional groups attached to an aromatic ring is 1. The maximum absolute atomic E-state index is 13.6. The number of hydrogen-bond donors (Lipinski definition) is 2. The average Bonchev–Trinajstić information content (AvgIpc) is 2.37. The molecule has 0 aliphatic rings. The van der Waals surface area contributed by atoms with Crippen molar-refractivity contribution in [2.75, 3.05) is 30.9 Å². The van der Waals surface area contributed by atoms with Crippen LogP contribution in [0.5, 0.6) is 5.75 Å². The van der Waals surface area contributed by atoms with Crippen LogP contribution in [0.3, 0.4) is 0 Å². The van der Waals surface area contributed by atoms with Crippen LogP contribution < -0.4 is 15.2 Å². The summed E-state index contributed by atoms with van der Waals surface area (Å²) in [6.07, 6.45) is 0. The van der Waals surface area contributed by atoms with E-state index in [0.717, 1.165) is 12.1 Å². The van der Waals surface area contributed by atoms with Gasteiger partial charge in [-0.3, -0.25) is 0 Å². The normalized spacial score (nSPS) is 12.3. The Bertz CT molecular complexity index is 693.